The van der Waals surface area contributed by atoms with E-state index in [1.807, 2.05) is 0 Å². The lowest BCUT2D eigenvalue weighted by molar-refractivity contribution is -0.133. The van der Waals surface area contributed by atoms with Crippen LogP contribution in [0, 0.1) is 11.8 Å². The van der Waals surface area contributed by atoms with Gasteiger partial charge >= 0.3 is 12.0 Å². The van der Waals surface area contributed by atoms with Crippen molar-refractivity contribution in [1.82, 2.24) is 10.2 Å². The molecule has 6 nitrogen and oxygen atoms in total. The van der Waals surface area contributed by atoms with E-state index in [0.29, 0.717) is 24.9 Å². The Morgan fingerprint density at radius 1 is 1.10 bits per heavy atom. The van der Waals surface area contributed by atoms with Gasteiger partial charge in [-0.1, -0.05) is 13.8 Å². The van der Waals surface area contributed by atoms with Crippen molar-refractivity contribution in [2.24, 2.45) is 11.8 Å². The number of hydrogen-bond donors (Lipinski definition) is 2. The van der Waals surface area contributed by atoms with E-state index in [0.717, 1.165) is 12.8 Å². The molecule has 1 heterocycles. The zero-order chi connectivity index (χ0) is 16.2. The second kappa shape index (κ2) is 7.24. The van der Waals surface area contributed by atoms with Crippen molar-refractivity contribution < 1.29 is 19.5 Å². The van der Waals surface area contributed by atoms with Crippen LogP contribution in [-0.4, -0.2) is 41.0 Å². The number of hydrogen-bond acceptors (Lipinski definition) is 3. The SMILES string of the molecule is CC(C(=O)O)=C(C)C(=O)NC(=O)N1CCC(C(C)C)CC1. The van der Waals surface area contributed by atoms with Crippen LogP contribution in [0.1, 0.15) is 40.5 Å². The molecule has 6 heteroatoms. The fraction of sp³-hybridized carbons (Fsp3) is 0.667. The first kappa shape index (κ1) is 17.2. The number of likely N-dealkylation sites (tertiary alicyclic amines) is 1. The molecule has 0 spiro atoms. The van der Waals surface area contributed by atoms with Crippen molar-refractivity contribution in [3.8, 4) is 0 Å². The van der Waals surface area contributed by atoms with Gasteiger partial charge in [0, 0.05) is 24.2 Å². The average Bonchev–Trinajstić information content (AvgIpc) is 2.45. The van der Waals surface area contributed by atoms with Crippen LogP contribution >= 0.6 is 0 Å². The summed E-state index contributed by atoms with van der Waals surface area (Å²) in [5.41, 5.74) is -0.00766. The van der Waals surface area contributed by atoms with Gasteiger partial charge in [0.25, 0.3) is 5.91 Å². The lowest BCUT2D eigenvalue weighted by Gasteiger charge is -2.33. The Balaban J connectivity index is 2.57. The van der Waals surface area contributed by atoms with Crippen LogP contribution in [0.15, 0.2) is 11.1 Å². The summed E-state index contributed by atoms with van der Waals surface area (Å²) in [7, 11) is 0. The number of carboxylic acids is 1. The second-order valence-corrected chi connectivity index (χ2v) is 5.88. The zero-order valence-corrected chi connectivity index (χ0v) is 13.1. The Hall–Kier alpha value is -1.85. The van der Waals surface area contributed by atoms with Gasteiger partial charge in [-0.3, -0.25) is 10.1 Å². The number of carbonyl (C=O) groups is 3. The fourth-order valence-corrected chi connectivity index (χ4v) is 2.37. The third kappa shape index (κ3) is 4.58. The van der Waals surface area contributed by atoms with E-state index < -0.39 is 17.9 Å². The number of carbonyl (C=O) groups excluding carboxylic acids is 2. The highest BCUT2D eigenvalue weighted by atomic mass is 16.4. The summed E-state index contributed by atoms with van der Waals surface area (Å²) < 4.78 is 0. The summed E-state index contributed by atoms with van der Waals surface area (Å²) in [6, 6.07) is -0.445. The predicted octanol–water partition coefficient (Wildman–Crippen LogP) is 2.01. The third-order valence-corrected chi connectivity index (χ3v) is 4.21. The fourth-order valence-electron chi connectivity index (χ4n) is 2.37. The monoisotopic (exact) mass is 296 g/mol. The van der Waals surface area contributed by atoms with Crippen LogP contribution in [0.5, 0.6) is 0 Å². The number of rotatable bonds is 3. The normalized spacial score (nSPS) is 17.5. The molecule has 118 valence electrons. The van der Waals surface area contributed by atoms with Gasteiger partial charge in [0.15, 0.2) is 0 Å². The van der Waals surface area contributed by atoms with Crippen molar-refractivity contribution in [2.45, 2.75) is 40.5 Å². The molecular formula is C15H24N2O4. The lowest BCUT2D eigenvalue weighted by Crippen LogP contribution is -2.47. The standard InChI is InChI=1S/C15H24N2O4/c1-9(2)12-5-7-17(8-6-12)15(21)16-13(18)10(3)11(4)14(19)20/h9,12H,5-8H2,1-4H3,(H,19,20)(H,16,18,21). The average molecular weight is 296 g/mol. The number of urea groups is 1. The summed E-state index contributed by atoms with van der Waals surface area (Å²) in [4.78, 5) is 36.3. The van der Waals surface area contributed by atoms with Crippen LogP contribution in [-0.2, 0) is 9.59 Å². The van der Waals surface area contributed by atoms with Gasteiger partial charge in [-0.05, 0) is 38.5 Å². The minimum absolute atomic E-state index is 0.0490. The Bertz CT molecular complexity index is 460. The summed E-state index contributed by atoms with van der Waals surface area (Å²) in [5.74, 6) is -0.598. The van der Waals surface area contributed by atoms with Crippen LogP contribution in [0.25, 0.3) is 0 Å². The molecule has 0 aromatic rings. The minimum Gasteiger partial charge on any atom is -0.478 e. The van der Waals surface area contributed by atoms with Gasteiger partial charge in [0.2, 0.25) is 0 Å². The molecule has 21 heavy (non-hydrogen) atoms. The number of nitrogens with one attached hydrogen (secondary N) is 1. The van der Waals surface area contributed by atoms with Crippen LogP contribution < -0.4 is 5.32 Å². The first-order valence-electron chi connectivity index (χ1n) is 7.25. The van der Waals surface area contributed by atoms with Gasteiger partial charge in [0.1, 0.15) is 0 Å². The van der Waals surface area contributed by atoms with Gasteiger partial charge < -0.3 is 10.0 Å². The van der Waals surface area contributed by atoms with E-state index in [4.69, 9.17) is 5.11 Å². The van der Waals surface area contributed by atoms with Crippen molar-refractivity contribution >= 4 is 17.9 Å². The molecule has 1 rings (SSSR count). The highest BCUT2D eigenvalue weighted by molar-refractivity contribution is 6.07. The van der Waals surface area contributed by atoms with E-state index in [2.05, 4.69) is 19.2 Å². The van der Waals surface area contributed by atoms with Crippen LogP contribution in [0.4, 0.5) is 4.79 Å². The summed E-state index contributed by atoms with van der Waals surface area (Å²) in [6.45, 7) is 8.34. The van der Waals surface area contributed by atoms with Gasteiger partial charge in [-0.15, -0.1) is 0 Å². The molecule has 0 aromatic carbocycles. The van der Waals surface area contributed by atoms with Crippen molar-refractivity contribution in [3.05, 3.63) is 11.1 Å². The van der Waals surface area contributed by atoms with Crippen molar-refractivity contribution in [3.63, 3.8) is 0 Å². The Labute approximate surface area is 125 Å². The molecule has 0 bridgehead atoms. The molecule has 1 aliphatic heterocycles. The first-order chi connectivity index (χ1) is 9.73. The molecule has 0 atom stereocenters. The van der Waals surface area contributed by atoms with Gasteiger partial charge in [0.05, 0.1) is 0 Å². The highest BCUT2D eigenvalue weighted by Crippen LogP contribution is 2.24. The Kier molecular flexibility index (Phi) is 5.93. The topological polar surface area (TPSA) is 86.7 Å². The quantitative estimate of drug-likeness (QED) is 0.780. The summed E-state index contributed by atoms with van der Waals surface area (Å²) in [5, 5.41) is 11.1. The molecule has 2 N–H and O–H groups in total. The number of piperidine rings is 1. The van der Waals surface area contributed by atoms with Gasteiger partial charge in [-0.25, -0.2) is 9.59 Å². The lowest BCUT2D eigenvalue weighted by atomic mass is 9.87. The molecule has 1 fully saturated rings. The number of imide groups is 1. The maximum atomic E-state index is 12.0. The molecule has 0 aromatic heterocycles. The molecule has 1 saturated heterocycles. The number of nitrogens with zero attached hydrogens (tertiary/aromatic N) is 1. The smallest absolute Gasteiger partial charge is 0.331 e. The zero-order valence-electron chi connectivity index (χ0n) is 13.1. The third-order valence-electron chi connectivity index (χ3n) is 4.21. The van der Waals surface area contributed by atoms with Crippen molar-refractivity contribution in [2.75, 3.05) is 13.1 Å². The van der Waals surface area contributed by atoms with Crippen LogP contribution in [0.2, 0.25) is 0 Å². The van der Waals surface area contributed by atoms with E-state index >= 15 is 0 Å². The van der Waals surface area contributed by atoms with E-state index in [1.54, 1.807) is 4.90 Å². The molecule has 0 aliphatic carbocycles. The predicted molar refractivity (Wildman–Crippen MR) is 78.7 cm³/mol. The Morgan fingerprint density at radius 2 is 1.62 bits per heavy atom. The number of carboxylic acid groups (broad SMARTS) is 1. The van der Waals surface area contributed by atoms with Gasteiger partial charge in [-0.2, -0.15) is 0 Å². The molecule has 0 saturated carbocycles. The Morgan fingerprint density at radius 3 is 2.05 bits per heavy atom. The maximum absolute atomic E-state index is 12.0. The summed E-state index contributed by atoms with van der Waals surface area (Å²) in [6.07, 6.45) is 1.87. The highest BCUT2D eigenvalue weighted by Gasteiger charge is 2.26. The second-order valence-electron chi connectivity index (χ2n) is 5.88. The maximum Gasteiger partial charge on any atom is 0.331 e. The van der Waals surface area contributed by atoms with E-state index in [1.165, 1.54) is 13.8 Å². The first-order valence-corrected chi connectivity index (χ1v) is 7.25. The molecule has 0 radical (unpaired) electrons. The largest absolute Gasteiger partial charge is 0.478 e. The molecule has 0 unspecified atom stereocenters. The molecule has 3 amide bonds. The van der Waals surface area contributed by atoms with E-state index in [-0.39, 0.29) is 11.1 Å². The van der Waals surface area contributed by atoms with Crippen molar-refractivity contribution in [1.29, 1.82) is 0 Å². The minimum atomic E-state index is -1.16. The molecular weight excluding hydrogens is 272 g/mol. The number of aliphatic carboxylic acids is 1. The van der Waals surface area contributed by atoms with Crippen LogP contribution in [0.3, 0.4) is 0 Å². The summed E-state index contributed by atoms with van der Waals surface area (Å²) >= 11 is 0. The molecule has 1 aliphatic rings. The number of amides is 3. The van der Waals surface area contributed by atoms with E-state index in [9.17, 15) is 14.4 Å².